The normalized spacial score (nSPS) is 11.6. The van der Waals surface area contributed by atoms with Crippen molar-refractivity contribution in [3.05, 3.63) is 29.3 Å². The molecule has 0 saturated heterocycles. The third-order valence-corrected chi connectivity index (χ3v) is 2.95. The zero-order chi connectivity index (χ0) is 14.8. The molecule has 1 N–H and O–H groups in total. The minimum Gasteiger partial charge on any atom is -0.495 e. The molecule has 1 rings (SSSR count). The Labute approximate surface area is 121 Å². The van der Waals surface area contributed by atoms with E-state index in [-0.39, 0.29) is 12.7 Å². The number of aliphatic hydroxyl groups excluding tert-OH is 1. The Morgan fingerprint density at radius 2 is 2.15 bits per heavy atom. The number of aliphatic hydroxyl groups is 1. The standard InChI is InChI=1S/C17H24O3/c1-4-7-14(2)20-13-15-9-10-17(19-3)16(12-15)8-5-6-11-18/h9-10,12,14,18H,4,6-7,11,13H2,1-3H3. The summed E-state index contributed by atoms with van der Waals surface area (Å²) >= 11 is 0. The molecular formula is C17H24O3. The summed E-state index contributed by atoms with van der Waals surface area (Å²) < 4.78 is 11.1. The van der Waals surface area contributed by atoms with Crippen LogP contribution in [-0.2, 0) is 11.3 Å². The highest BCUT2D eigenvalue weighted by molar-refractivity contribution is 5.48. The van der Waals surface area contributed by atoms with E-state index < -0.39 is 0 Å². The van der Waals surface area contributed by atoms with Crippen LogP contribution in [0.2, 0.25) is 0 Å². The van der Waals surface area contributed by atoms with Gasteiger partial charge in [0.1, 0.15) is 5.75 Å². The van der Waals surface area contributed by atoms with Gasteiger partial charge in [-0.25, -0.2) is 0 Å². The number of hydrogen-bond acceptors (Lipinski definition) is 3. The van der Waals surface area contributed by atoms with Crippen molar-refractivity contribution in [3.63, 3.8) is 0 Å². The van der Waals surface area contributed by atoms with Crippen LogP contribution in [0, 0.1) is 11.8 Å². The van der Waals surface area contributed by atoms with Crippen molar-refractivity contribution in [2.45, 2.75) is 45.8 Å². The summed E-state index contributed by atoms with van der Waals surface area (Å²) in [4.78, 5) is 0. The van der Waals surface area contributed by atoms with E-state index in [0.717, 1.165) is 29.7 Å². The van der Waals surface area contributed by atoms with Crippen molar-refractivity contribution >= 4 is 0 Å². The van der Waals surface area contributed by atoms with Crippen LogP contribution in [-0.4, -0.2) is 24.9 Å². The molecule has 0 amide bonds. The predicted octanol–water partition coefficient (Wildman–Crippen LogP) is 3.13. The number of methoxy groups -OCH3 is 1. The van der Waals surface area contributed by atoms with E-state index in [9.17, 15) is 0 Å². The van der Waals surface area contributed by atoms with Gasteiger partial charge >= 0.3 is 0 Å². The largest absolute Gasteiger partial charge is 0.495 e. The quantitative estimate of drug-likeness (QED) is 0.778. The number of benzene rings is 1. The lowest BCUT2D eigenvalue weighted by molar-refractivity contribution is 0.0471. The molecule has 0 aromatic heterocycles. The Morgan fingerprint density at radius 1 is 1.35 bits per heavy atom. The van der Waals surface area contributed by atoms with E-state index in [1.165, 1.54) is 0 Å². The minimum absolute atomic E-state index is 0.0760. The fourth-order valence-electron chi connectivity index (χ4n) is 1.88. The molecule has 3 nitrogen and oxygen atoms in total. The van der Waals surface area contributed by atoms with Gasteiger partial charge in [0.05, 0.1) is 32.0 Å². The fraction of sp³-hybridized carbons (Fsp3) is 0.529. The molecule has 1 atom stereocenters. The second-order valence-electron chi connectivity index (χ2n) is 4.72. The van der Waals surface area contributed by atoms with Crippen molar-refractivity contribution in [1.29, 1.82) is 0 Å². The molecule has 1 aromatic rings. The van der Waals surface area contributed by atoms with Gasteiger partial charge < -0.3 is 14.6 Å². The zero-order valence-electron chi connectivity index (χ0n) is 12.6. The zero-order valence-corrected chi connectivity index (χ0v) is 12.6. The summed E-state index contributed by atoms with van der Waals surface area (Å²) in [6.07, 6.45) is 2.93. The summed E-state index contributed by atoms with van der Waals surface area (Å²) in [5.41, 5.74) is 1.92. The number of rotatable bonds is 7. The van der Waals surface area contributed by atoms with E-state index >= 15 is 0 Å². The van der Waals surface area contributed by atoms with Crippen molar-refractivity contribution in [1.82, 2.24) is 0 Å². The molecule has 0 fully saturated rings. The van der Waals surface area contributed by atoms with Crippen LogP contribution in [0.15, 0.2) is 18.2 Å². The topological polar surface area (TPSA) is 38.7 Å². The molecule has 0 bridgehead atoms. The third kappa shape index (κ3) is 5.64. The molecule has 0 aliphatic heterocycles. The molecule has 0 radical (unpaired) electrons. The van der Waals surface area contributed by atoms with E-state index in [4.69, 9.17) is 14.6 Å². The van der Waals surface area contributed by atoms with Crippen molar-refractivity contribution in [3.8, 4) is 17.6 Å². The summed E-state index contributed by atoms with van der Waals surface area (Å²) in [5.74, 6) is 6.70. The van der Waals surface area contributed by atoms with Gasteiger partial charge in [0.25, 0.3) is 0 Å². The Balaban J connectivity index is 2.74. The van der Waals surface area contributed by atoms with Crippen LogP contribution in [0.3, 0.4) is 0 Å². The Morgan fingerprint density at radius 3 is 2.80 bits per heavy atom. The summed E-state index contributed by atoms with van der Waals surface area (Å²) in [6.45, 7) is 4.91. The minimum atomic E-state index is 0.0760. The van der Waals surface area contributed by atoms with E-state index in [2.05, 4.69) is 25.7 Å². The Hall–Kier alpha value is -1.50. The average Bonchev–Trinajstić information content (AvgIpc) is 2.46. The lowest BCUT2D eigenvalue weighted by atomic mass is 10.1. The first-order valence-corrected chi connectivity index (χ1v) is 7.09. The van der Waals surface area contributed by atoms with Gasteiger partial charge in [-0.1, -0.05) is 31.3 Å². The summed E-state index contributed by atoms with van der Waals surface area (Å²) in [6, 6.07) is 5.89. The van der Waals surface area contributed by atoms with Crippen molar-refractivity contribution in [2.24, 2.45) is 0 Å². The average molecular weight is 276 g/mol. The fourth-order valence-corrected chi connectivity index (χ4v) is 1.88. The van der Waals surface area contributed by atoms with Crippen LogP contribution < -0.4 is 4.74 Å². The maximum absolute atomic E-state index is 8.77. The van der Waals surface area contributed by atoms with Gasteiger partial charge in [-0.05, 0) is 31.0 Å². The van der Waals surface area contributed by atoms with Gasteiger partial charge in [-0.15, -0.1) is 0 Å². The SMILES string of the molecule is CCCC(C)OCc1ccc(OC)c(C#CCCO)c1. The van der Waals surface area contributed by atoms with Crippen LogP contribution in [0.1, 0.15) is 44.2 Å². The van der Waals surface area contributed by atoms with Gasteiger partial charge in [0.15, 0.2) is 0 Å². The lowest BCUT2D eigenvalue weighted by Crippen LogP contribution is -2.07. The number of ether oxygens (including phenoxy) is 2. The smallest absolute Gasteiger partial charge is 0.134 e. The molecule has 1 unspecified atom stereocenters. The van der Waals surface area contributed by atoms with E-state index in [1.54, 1.807) is 7.11 Å². The highest BCUT2D eigenvalue weighted by atomic mass is 16.5. The van der Waals surface area contributed by atoms with Crippen LogP contribution in [0.4, 0.5) is 0 Å². The monoisotopic (exact) mass is 276 g/mol. The third-order valence-electron chi connectivity index (χ3n) is 2.95. The highest BCUT2D eigenvalue weighted by Gasteiger charge is 2.05. The molecular weight excluding hydrogens is 252 g/mol. The Bertz CT molecular complexity index is 457. The number of hydrogen-bond donors (Lipinski definition) is 1. The molecule has 0 aliphatic rings. The first-order valence-electron chi connectivity index (χ1n) is 7.09. The van der Waals surface area contributed by atoms with Crippen molar-refractivity contribution < 1.29 is 14.6 Å². The Kier molecular flexibility index (Phi) is 7.79. The molecule has 0 saturated carbocycles. The van der Waals surface area contributed by atoms with Crippen LogP contribution >= 0.6 is 0 Å². The molecule has 0 aliphatic carbocycles. The highest BCUT2D eigenvalue weighted by Crippen LogP contribution is 2.20. The van der Waals surface area contributed by atoms with Crippen LogP contribution in [0.5, 0.6) is 5.75 Å². The first kappa shape index (κ1) is 16.6. The summed E-state index contributed by atoms with van der Waals surface area (Å²) in [7, 11) is 1.63. The van der Waals surface area contributed by atoms with E-state index in [1.807, 2.05) is 18.2 Å². The summed E-state index contributed by atoms with van der Waals surface area (Å²) in [5, 5.41) is 8.77. The first-order chi connectivity index (χ1) is 9.71. The molecule has 1 aromatic carbocycles. The second kappa shape index (κ2) is 9.41. The maximum atomic E-state index is 8.77. The van der Waals surface area contributed by atoms with Crippen molar-refractivity contribution in [2.75, 3.05) is 13.7 Å². The van der Waals surface area contributed by atoms with Gasteiger partial charge in [-0.2, -0.15) is 0 Å². The van der Waals surface area contributed by atoms with Crippen LogP contribution in [0.25, 0.3) is 0 Å². The second-order valence-corrected chi connectivity index (χ2v) is 4.72. The predicted molar refractivity (Wildman–Crippen MR) is 80.7 cm³/mol. The molecule has 0 spiro atoms. The maximum Gasteiger partial charge on any atom is 0.134 e. The molecule has 0 heterocycles. The molecule has 110 valence electrons. The van der Waals surface area contributed by atoms with Gasteiger partial charge in [0, 0.05) is 6.42 Å². The lowest BCUT2D eigenvalue weighted by Gasteiger charge is -2.12. The molecule has 20 heavy (non-hydrogen) atoms. The van der Waals surface area contributed by atoms with Gasteiger partial charge in [0.2, 0.25) is 0 Å². The van der Waals surface area contributed by atoms with Gasteiger partial charge in [-0.3, -0.25) is 0 Å². The molecule has 3 heteroatoms. The van der Waals surface area contributed by atoms with E-state index in [0.29, 0.717) is 13.0 Å².